The highest BCUT2D eigenvalue weighted by molar-refractivity contribution is 9.10. The predicted octanol–water partition coefficient (Wildman–Crippen LogP) is 2.49. The fourth-order valence-electron chi connectivity index (χ4n) is 1.05. The van der Waals surface area contributed by atoms with Gasteiger partial charge >= 0.3 is 0 Å². The maximum Gasteiger partial charge on any atom is 0.140 e. The molecule has 0 saturated carbocycles. The molecule has 72 valence electrons. The van der Waals surface area contributed by atoms with E-state index in [1.807, 2.05) is 0 Å². The largest absolute Gasteiger partial charge is 0.319 e. The van der Waals surface area contributed by atoms with E-state index in [1.165, 1.54) is 6.07 Å². The summed E-state index contributed by atoms with van der Waals surface area (Å²) in [4.78, 5) is 0. The van der Waals surface area contributed by atoms with E-state index >= 15 is 0 Å². The molecule has 0 fully saturated rings. The van der Waals surface area contributed by atoms with Crippen LogP contribution in [-0.2, 0) is 6.42 Å². The van der Waals surface area contributed by atoms with Crippen LogP contribution in [0.15, 0.2) is 16.6 Å². The van der Waals surface area contributed by atoms with Crippen LogP contribution in [0.2, 0.25) is 0 Å². The number of halogens is 3. The van der Waals surface area contributed by atoms with Gasteiger partial charge < -0.3 is 5.32 Å². The molecule has 0 radical (unpaired) electrons. The SMILES string of the molecule is CNCCc1cc(F)cc(Br)c1F. The van der Waals surface area contributed by atoms with Crippen LogP contribution < -0.4 is 5.32 Å². The van der Waals surface area contributed by atoms with Crippen molar-refractivity contribution in [1.82, 2.24) is 5.32 Å². The molecule has 1 aromatic rings. The molecule has 0 aliphatic carbocycles. The molecule has 0 unspecified atom stereocenters. The molecule has 1 aromatic carbocycles. The van der Waals surface area contributed by atoms with Gasteiger partial charge in [0.2, 0.25) is 0 Å². The van der Waals surface area contributed by atoms with E-state index in [2.05, 4.69) is 21.2 Å². The number of benzene rings is 1. The summed E-state index contributed by atoms with van der Waals surface area (Å²) in [6.07, 6.45) is 0.485. The highest BCUT2D eigenvalue weighted by Gasteiger charge is 2.08. The third-order valence-electron chi connectivity index (χ3n) is 1.71. The molecular weight excluding hydrogens is 240 g/mol. The van der Waals surface area contributed by atoms with E-state index in [4.69, 9.17) is 0 Å². The highest BCUT2D eigenvalue weighted by atomic mass is 79.9. The molecule has 1 rings (SSSR count). The van der Waals surface area contributed by atoms with Crippen LogP contribution in [-0.4, -0.2) is 13.6 Å². The summed E-state index contributed by atoms with van der Waals surface area (Å²) in [5, 5.41) is 2.88. The molecule has 0 aliphatic heterocycles. The van der Waals surface area contributed by atoms with Crippen LogP contribution in [0.25, 0.3) is 0 Å². The van der Waals surface area contributed by atoms with Crippen molar-refractivity contribution in [1.29, 1.82) is 0 Å². The van der Waals surface area contributed by atoms with Gasteiger partial charge in [0.05, 0.1) is 4.47 Å². The Morgan fingerprint density at radius 2 is 2.08 bits per heavy atom. The summed E-state index contributed by atoms with van der Waals surface area (Å²) in [5.41, 5.74) is 0.390. The molecule has 0 heterocycles. The van der Waals surface area contributed by atoms with Gasteiger partial charge in [-0.1, -0.05) is 0 Å². The molecule has 1 nitrogen and oxygen atoms in total. The number of hydrogen-bond acceptors (Lipinski definition) is 1. The summed E-state index contributed by atoms with van der Waals surface area (Å²) in [7, 11) is 1.77. The van der Waals surface area contributed by atoms with E-state index in [9.17, 15) is 8.78 Å². The number of nitrogens with one attached hydrogen (secondary N) is 1. The molecule has 0 aromatic heterocycles. The van der Waals surface area contributed by atoms with E-state index < -0.39 is 5.82 Å². The first-order chi connectivity index (χ1) is 6.15. The lowest BCUT2D eigenvalue weighted by Gasteiger charge is -2.04. The number of hydrogen-bond donors (Lipinski definition) is 1. The quantitative estimate of drug-likeness (QED) is 0.812. The average Bonchev–Trinajstić information content (AvgIpc) is 2.09. The lowest BCUT2D eigenvalue weighted by molar-refractivity contribution is 0.575. The second-order valence-corrected chi connectivity index (χ2v) is 3.57. The van der Waals surface area contributed by atoms with Crippen molar-refractivity contribution in [3.8, 4) is 0 Å². The van der Waals surface area contributed by atoms with Crippen molar-refractivity contribution >= 4 is 15.9 Å². The number of rotatable bonds is 3. The Labute approximate surface area is 84.3 Å². The second kappa shape index (κ2) is 4.67. The first-order valence-electron chi connectivity index (χ1n) is 3.93. The summed E-state index contributed by atoms with van der Waals surface area (Å²) >= 11 is 2.95. The minimum absolute atomic E-state index is 0.179. The summed E-state index contributed by atoms with van der Waals surface area (Å²) in [6.45, 7) is 0.632. The fourth-order valence-corrected chi connectivity index (χ4v) is 1.52. The van der Waals surface area contributed by atoms with Gasteiger partial charge in [-0.2, -0.15) is 0 Å². The van der Waals surface area contributed by atoms with Crippen molar-refractivity contribution in [3.05, 3.63) is 33.8 Å². The Hall–Kier alpha value is -0.480. The zero-order chi connectivity index (χ0) is 9.84. The van der Waals surface area contributed by atoms with E-state index in [1.54, 1.807) is 7.05 Å². The van der Waals surface area contributed by atoms with Crippen LogP contribution in [0, 0.1) is 11.6 Å². The zero-order valence-corrected chi connectivity index (χ0v) is 8.79. The van der Waals surface area contributed by atoms with Crippen molar-refractivity contribution < 1.29 is 8.78 Å². The van der Waals surface area contributed by atoms with Gasteiger partial charge in [-0.05, 0) is 53.6 Å². The second-order valence-electron chi connectivity index (χ2n) is 2.71. The Bertz CT molecular complexity index is 302. The van der Waals surface area contributed by atoms with Gasteiger partial charge in [0.15, 0.2) is 0 Å². The topological polar surface area (TPSA) is 12.0 Å². The van der Waals surface area contributed by atoms with E-state index in [-0.39, 0.29) is 10.3 Å². The standard InChI is InChI=1S/C9H10BrF2N/c1-13-3-2-6-4-7(11)5-8(10)9(6)12/h4-5,13H,2-3H2,1H3. The van der Waals surface area contributed by atoms with Crippen molar-refractivity contribution in [3.63, 3.8) is 0 Å². The van der Waals surface area contributed by atoms with E-state index in [0.29, 0.717) is 18.5 Å². The molecule has 0 bridgehead atoms. The maximum atomic E-state index is 13.3. The summed E-state index contributed by atoms with van der Waals surface area (Å²) in [5.74, 6) is -0.795. The first-order valence-corrected chi connectivity index (χ1v) is 4.72. The van der Waals surface area contributed by atoms with Gasteiger partial charge in [-0.15, -0.1) is 0 Å². The molecule has 1 N–H and O–H groups in total. The van der Waals surface area contributed by atoms with E-state index in [0.717, 1.165) is 6.07 Å². The fraction of sp³-hybridized carbons (Fsp3) is 0.333. The van der Waals surface area contributed by atoms with Gasteiger partial charge in [-0.3, -0.25) is 0 Å². The van der Waals surface area contributed by atoms with Crippen molar-refractivity contribution in [2.75, 3.05) is 13.6 Å². The maximum absolute atomic E-state index is 13.3. The van der Waals surface area contributed by atoms with Crippen LogP contribution in [0.4, 0.5) is 8.78 Å². The van der Waals surface area contributed by atoms with Crippen LogP contribution in [0.5, 0.6) is 0 Å². The summed E-state index contributed by atoms with van der Waals surface area (Å²) < 4.78 is 26.3. The Kier molecular flexibility index (Phi) is 3.81. The third-order valence-corrected chi connectivity index (χ3v) is 2.29. The van der Waals surface area contributed by atoms with Gasteiger partial charge in [0, 0.05) is 0 Å². The summed E-state index contributed by atoms with van der Waals surface area (Å²) in [6, 6.07) is 2.34. The third kappa shape index (κ3) is 2.74. The van der Waals surface area contributed by atoms with Crippen molar-refractivity contribution in [2.45, 2.75) is 6.42 Å². The highest BCUT2D eigenvalue weighted by Crippen LogP contribution is 2.20. The molecule has 0 saturated heterocycles. The monoisotopic (exact) mass is 249 g/mol. The Morgan fingerprint density at radius 1 is 1.38 bits per heavy atom. The van der Waals surface area contributed by atoms with Gasteiger partial charge in [-0.25, -0.2) is 8.78 Å². The molecule has 13 heavy (non-hydrogen) atoms. The minimum atomic E-state index is -0.417. The van der Waals surface area contributed by atoms with Crippen LogP contribution >= 0.6 is 15.9 Å². The van der Waals surface area contributed by atoms with Gasteiger partial charge in [0.25, 0.3) is 0 Å². The average molecular weight is 250 g/mol. The predicted molar refractivity (Wildman–Crippen MR) is 51.7 cm³/mol. The van der Waals surface area contributed by atoms with Crippen LogP contribution in [0.3, 0.4) is 0 Å². The number of likely N-dealkylation sites (N-methyl/N-ethyl adjacent to an activating group) is 1. The van der Waals surface area contributed by atoms with Crippen molar-refractivity contribution in [2.24, 2.45) is 0 Å². The molecule has 0 aliphatic rings. The Morgan fingerprint density at radius 3 is 2.69 bits per heavy atom. The Balaban J connectivity index is 2.92. The normalized spacial score (nSPS) is 10.5. The van der Waals surface area contributed by atoms with Crippen LogP contribution in [0.1, 0.15) is 5.56 Å². The molecule has 0 atom stereocenters. The van der Waals surface area contributed by atoms with Gasteiger partial charge in [0.1, 0.15) is 11.6 Å². The zero-order valence-electron chi connectivity index (χ0n) is 7.20. The molecular formula is C9H10BrF2N. The lowest BCUT2D eigenvalue weighted by atomic mass is 10.1. The smallest absolute Gasteiger partial charge is 0.140 e. The lowest BCUT2D eigenvalue weighted by Crippen LogP contribution is -2.11. The molecule has 4 heteroatoms. The molecule has 0 spiro atoms. The minimum Gasteiger partial charge on any atom is -0.319 e. The molecule has 0 amide bonds. The first kappa shape index (κ1) is 10.6.